The molecule has 0 aromatic heterocycles. The van der Waals surface area contributed by atoms with E-state index < -0.39 is 0 Å². The van der Waals surface area contributed by atoms with Gasteiger partial charge in [0.2, 0.25) is 6.79 Å². The van der Waals surface area contributed by atoms with E-state index in [0.29, 0.717) is 16.5 Å². The Labute approximate surface area is 135 Å². The minimum absolute atomic E-state index is 0.0569. The number of hydrogen-bond donors (Lipinski definition) is 2. The second-order valence-electron chi connectivity index (χ2n) is 4.63. The summed E-state index contributed by atoms with van der Waals surface area (Å²) in [5.41, 5.74) is 1.74. The van der Waals surface area contributed by atoms with E-state index in [1.807, 2.05) is 30.3 Å². The number of halogens is 2. The molecular formula is C15H13BrClNO3. The predicted molar refractivity (Wildman–Crippen MR) is 85.2 cm³/mol. The Kier molecular flexibility index (Phi) is 4.24. The minimum atomic E-state index is -0.269. The fourth-order valence-corrected chi connectivity index (χ4v) is 2.97. The predicted octanol–water partition coefficient (Wildman–Crippen LogP) is 3.98. The van der Waals surface area contributed by atoms with Crippen LogP contribution in [-0.2, 0) is 0 Å². The summed E-state index contributed by atoms with van der Waals surface area (Å²) in [6.45, 7) is 0.154. The SMILES string of the molecule is OCC(Nc1cccc(Cl)c1)c1cc(Br)c2c(c1)OCO2. The van der Waals surface area contributed by atoms with Crippen LogP contribution < -0.4 is 14.8 Å². The fourth-order valence-electron chi connectivity index (χ4n) is 2.20. The van der Waals surface area contributed by atoms with Gasteiger partial charge in [0.05, 0.1) is 17.1 Å². The van der Waals surface area contributed by atoms with Gasteiger partial charge in [-0.1, -0.05) is 17.7 Å². The normalized spacial score (nSPS) is 14.0. The van der Waals surface area contributed by atoms with Crippen LogP contribution in [0.4, 0.5) is 5.69 Å². The van der Waals surface area contributed by atoms with E-state index in [2.05, 4.69) is 21.2 Å². The third-order valence-corrected chi connectivity index (χ3v) is 4.02. The van der Waals surface area contributed by atoms with Crippen molar-refractivity contribution in [3.63, 3.8) is 0 Å². The Bertz CT molecular complexity index is 665. The maximum atomic E-state index is 9.67. The molecule has 1 unspecified atom stereocenters. The van der Waals surface area contributed by atoms with Crippen molar-refractivity contribution in [2.75, 3.05) is 18.7 Å². The van der Waals surface area contributed by atoms with Crippen LogP contribution in [0.15, 0.2) is 40.9 Å². The maximum Gasteiger partial charge on any atom is 0.231 e. The molecule has 6 heteroatoms. The molecule has 3 rings (SSSR count). The van der Waals surface area contributed by atoms with Crippen molar-refractivity contribution in [1.29, 1.82) is 0 Å². The smallest absolute Gasteiger partial charge is 0.231 e. The molecule has 0 spiro atoms. The number of fused-ring (bicyclic) bond motifs is 1. The first kappa shape index (κ1) is 14.5. The number of aliphatic hydroxyl groups excluding tert-OH is 1. The summed E-state index contributed by atoms with van der Waals surface area (Å²) >= 11 is 9.43. The average Bonchev–Trinajstić information content (AvgIpc) is 2.93. The zero-order valence-corrected chi connectivity index (χ0v) is 13.3. The van der Waals surface area contributed by atoms with Crippen LogP contribution in [0, 0.1) is 0 Å². The van der Waals surface area contributed by atoms with E-state index in [-0.39, 0.29) is 19.4 Å². The first-order valence-electron chi connectivity index (χ1n) is 6.39. The quantitative estimate of drug-likeness (QED) is 0.855. The molecule has 0 saturated heterocycles. The van der Waals surface area contributed by atoms with Crippen molar-refractivity contribution in [2.24, 2.45) is 0 Å². The van der Waals surface area contributed by atoms with Crippen LogP contribution in [0.3, 0.4) is 0 Å². The Morgan fingerprint density at radius 2 is 2.14 bits per heavy atom. The monoisotopic (exact) mass is 369 g/mol. The van der Waals surface area contributed by atoms with Gasteiger partial charge in [0, 0.05) is 10.7 Å². The van der Waals surface area contributed by atoms with Crippen molar-refractivity contribution in [3.8, 4) is 11.5 Å². The summed E-state index contributed by atoms with van der Waals surface area (Å²) in [6, 6.07) is 10.9. The van der Waals surface area contributed by atoms with Gasteiger partial charge < -0.3 is 19.9 Å². The van der Waals surface area contributed by atoms with Gasteiger partial charge >= 0.3 is 0 Å². The molecule has 0 amide bonds. The van der Waals surface area contributed by atoms with Crippen molar-refractivity contribution in [2.45, 2.75) is 6.04 Å². The molecule has 1 atom stereocenters. The second-order valence-corrected chi connectivity index (χ2v) is 5.92. The molecule has 1 heterocycles. The number of benzene rings is 2. The third kappa shape index (κ3) is 3.10. The molecule has 2 aromatic rings. The van der Waals surface area contributed by atoms with Crippen molar-refractivity contribution in [3.05, 3.63) is 51.5 Å². The zero-order valence-electron chi connectivity index (χ0n) is 11.0. The Morgan fingerprint density at radius 3 is 2.90 bits per heavy atom. The first-order chi connectivity index (χ1) is 10.2. The molecule has 21 heavy (non-hydrogen) atoms. The lowest BCUT2D eigenvalue weighted by Gasteiger charge is -2.19. The summed E-state index contributed by atoms with van der Waals surface area (Å²) < 4.78 is 11.6. The maximum absolute atomic E-state index is 9.67. The van der Waals surface area contributed by atoms with Crippen molar-refractivity contribution >= 4 is 33.2 Å². The molecule has 1 aliphatic heterocycles. The van der Waals surface area contributed by atoms with Crippen LogP contribution in [0.5, 0.6) is 11.5 Å². The summed E-state index contributed by atoms with van der Waals surface area (Å²) in [4.78, 5) is 0. The van der Waals surface area contributed by atoms with Crippen molar-refractivity contribution < 1.29 is 14.6 Å². The number of ether oxygens (including phenoxy) is 2. The van der Waals surface area contributed by atoms with Gasteiger partial charge in [-0.3, -0.25) is 0 Å². The standard InChI is InChI=1S/C15H13BrClNO3/c16-12-4-9(5-14-15(12)21-8-20-14)13(7-19)18-11-3-1-2-10(17)6-11/h1-6,13,18-19H,7-8H2. The van der Waals surface area contributed by atoms with Gasteiger partial charge in [-0.25, -0.2) is 0 Å². The number of aliphatic hydroxyl groups is 1. The number of anilines is 1. The summed E-state index contributed by atoms with van der Waals surface area (Å²) in [6.07, 6.45) is 0. The highest BCUT2D eigenvalue weighted by Crippen LogP contribution is 2.41. The van der Waals surface area contributed by atoms with Crippen molar-refractivity contribution in [1.82, 2.24) is 0 Å². The van der Waals surface area contributed by atoms with Gasteiger partial charge in [0.15, 0.2) is 11.5 Å². The van der Waals surface area contributed by atoms with E-state index in [1.165, 1.54) is 0 Å². The topological polar surface area (TPSA) is 50.7 Å². The lowest BCUT2D eigenvalue weighted by Crippen LogP contribution is -2.14. The van der Waals surface area contributed by atoms with Gasteiger partial charge in [0.25, 0.3) is 0 Å². The van der Waals surface area contributed by atoms with Crippen LogP contribution in [-0.4, -0.2) is 18.5 Å². The molecule has 4 nitrogen and oxygen atoms in total. The molecule has 0 bridgehead atoms. The van der Waals surface area contributed by atoms with Gasteiger partial charge in [0.1, 0.15) is 0 Å². The molecule has 0 aliphatic carbocycles. The van der Waals surface area contributed by atoms with E-state index in [4.69, 9.17) is 21.1 Å². The molecule has 1 aliphatic rings. The highest BCUT2D eigenvalue weighted by molar-refractivity contribution is 9.10. The third-order valence-electron chi connectivity index (χ3n) is 3.20. The summed E-state index contributed by atoms with van der Waals surface area (Å²) in [7, 11) is 0. The molecule has 0 saturated carbocycles. The highest BCUT2D eigenvalue weighted by Gasteiger charge is 2.21. The minimum Gasteiger partial charge on any atom is -0.454 e. The molecule has 0 radical (unpaired) electrons. The van der Waals surface area contributed by atoms with Gasteiger partial charge in [-0.2, -0.15) is 0 Å². The van der Waals surface area contributed by atoms with E-state index in [9.17, 15) is 5.11 Å². The number of nitrogens with one attached hydrogen (secondary N) is 1. The average molecular weight is 371 g/mol. The first-order valence-corrected chi connectivity index (χ1v) is 7.56. The Morgan fingerprint density at radius 1 is 1.29 bits per heavy atom. The summed E-state index contributed by atoms with van der Waals surface area (Å²) in [5.74, 6) is 1.36. The molecule has 2 aromatic carbocycles. The Balaban J connectivity index is 1.88. The molecular weight excluding hydrogens is 358 g/mol. The van der Waals surface area contributed by atoms with Crippen LogP contribution in [0.25, 0.3) is 0 Å². The number of rotatable bonds is 4. The van der Waals surface area contributed by atoms with Crippen LogP contribution >= 0.6 is 27.5 Å². The number of hydrogen-bond acceptors (Lipinski definition) is 4. The lowest BCUT2D eigenvalue weighted by atomic mass is 10.1. The van der Waals surface area contributed by atoms with E-state index in [0.717, 1.165) is 15.7 Å². The Hall–Kier alpha value is -1.43. The molecule has 2 N–H and O–H groups in total. The van der Waals surface area contributed by atoms with E-state index in [1.54, 1.807) is 6.07 Å². The molecule has 110 valence electrons. The highest BCUT2D eigenvalue weighted by atomic mass is 79.9. The second kappa shape index (κ2) is 6.13. The zero-order chi connectivity index (χ0) is 14.8. The van der Waals surface area contributed by atoms with E-state index >= 15 is 0 Å². The van der Waals surface area contributed by atoms with Crippen LogP contribution in [0.2, 0.25) is 5.02 Å². The lowest BCUT2D eigenvalue weighted by molar-refractivity contribution is 0.173. The molecule has 0 fully saturated rings. The van der Waals surface area contributed by atoms with Crippen LogP contribution in [0.1, 0.15) is 11.6 Å². The van der Waals surface area contributed by atoms with Gasteiger partial charge in [-0.15, -0.1) is 0 Å². The fraction of sp³-hybridized carbons (Fsp3) is 0.200. The summed E-state index contributed by atoms with van der Waals surface area (Å²) in [5, 5.41) is 13.6. The largest absolute Gasteiger partial charge is 0.454 e. The van der Waals surface area contributed by atoms with Gasteiger partial charge in [-0.05, 0) is 51.8 Å².